The van der Waals surface area contributed by atoms with Crippen molar-refractivity contribution in [3.8, 4) is 0 Å². The number of aromatic nitrogens is 1. The Morgan fingerprint density at radius 1 is 0.800 bits per heavy atom. The molecule has 0 bridgehead atoms. The van der Waals surface area contributed by atoms with Gasteiger partial charge in [0.25, 0.3) is 11.8 Å². The lowest BCUT2D eigenvalue weighted by Crippen LogP contribution is -2.35. The Kier molecular flexibility index (Phi) is 4.40. The fraction of sp³-hybridized carbons (Fsp3) is 0.200. The van der Waals surface area contributed by atoms with Gasteiger partial charge in [0.05, 0.1) is 16.6 Å². The molecule has 1 aliphatic heterocycles. The summed E-state index contributed by atoms with van der Waals surface area (Å²) in [6.45, 7) is 1.67. The van der Waals surface area contributed by atoms with Crippen molar-refractivity contribution in [2.75, 3.05) is 27.2 Å². The standard InChI is InChI=1S/C25H23N3O2/c1-26(2)14-15-27-24(29)20-13-12-19-18-10-6-7-11-21(18)28(23(19)22(20)25(27)30)16-17-8-4-3-5-9-17/h3-13H,14-16H2,1-2H3. The summed E-state index contributed by atoms with van der Waals surface area (Å²) in [5, 5.41) is 2.11. The van der Waals surface area contributed by atoms with Crippen molar-refractivity contribution in [1.82, 2.24) is 14.4 Å². The number of carbonyl (C=O) groups is 2. The van der Waals surface area contributed by atoms with Crippen molar-refractivity contribution in [3.05, 3.63) is 83.4 Å². The number of fused-ring (bicyclic) bond motifs is 5. The molecule has 150 valence electrons. The Morgan fingerprint density at radius 3 is 2.30 bits per heavy atom. The highest BCUT2D eigenvalue weighted by Crippen LogP contribution is 2.37. The number of carbonyl (C=O) groups excluding carboxylic acids is 2. The second kappa shape index (κ2) is 7.11. The molecular weight excluding hydrogens is 374 g/mol. The van der Waals surface area contributed by atoms with E-state index in [9.17, 15) is 9.59 Å². The fourth-order valence-electron chi connectivity index (χ4n) is 4.35. The predicted octanol–water partition coefficient (Wildman–Crippen LogP) is 4.00. The van der Waals surface area contributed by atoms with Crippen LogP contribution in [0.1, 0.15) is 26.3 Å². The average Bonchev–Trinajstić information content (AvgIpc) is 3.19. The number of imide groups is 1. The first-order chi connectivity index (χ1) is 14.6. The first kappa shape index (κ1) is 18.6. The zero-order valence-corrected chi connectivity index (χ0v) is 17.1. The van der Waals surface area contributed by atoms with Gasteiger partial charge in [0.2, 0.25) is 0 Å². The smallest absolute Gasteiger partial charge is 0.263 e. The molecule has 1 aromatic heterocycles. The van der Waals surface area contributed by atoms with Crippen LogP contribution in [0.2, 0.25) is 0 Å². The van der Waals surface area contributed by atoms with Crippen LogP contribution in [0.4, 0.5) is 0 Å². The number of rotatable bonds is 5. The number of hydrogen-bond acceptors (Lipinski definition) is 3. The van der Waals surface area contributed by atoms with Crippen LogP contribution >= 0.6 is 0 Å². The van der Waals surface area contributed by atoms with Crippen molar-refractivity contribution in [3.63, 3.8) is 0 Å². The van der Waals surface area contributed by atoms with Crippen molar-refractivity contribution < 1.29 is 9.59 Å². The van der Waals surface area contributed by atoms with Crippen molar-refractivity contribution in [2.45, 2.75) is 6.54 Å². The first-order valence-corrected chi connectivity index (χ1v) is 10.1. The summed E-state index contributed by atoms with van der Waals surface area (Å²) >= 11 is 0. The van der Waals surface area contributed by atoms with Gasteiger partial charge < -0.3 is 9.47 Å². The van der Waals surface area contributed by atoms with Gasteiger partial charge in [0, 0.05) is 35.9 Å². The van der Waals surface area contributed by atoms with Gasteiger partial charge >= 0.3 is 0 Å². The molecule has 0 saturated heterocycles. The molecule has 5 nitrogen and oxygen atoms in total. The molecule has 0 atom stereocenters. The number of hydrogen-bond donors (Lipinski definition) is 0. The minimum absolute atomic E-state index is 0.195. The summed E-state index contributed by atoms with van der Waals surface area (Å²) in [6.07, 6.45) is 0. The van der Waals surface area contributed by atoms with E-state index in [0.29, 0.717) is 30.8 Å². The van der Waals surface area contributed by atoms with Crippen LogP contribution in [0.3, 0.4) is 0 Å². The van der Waals surface area contributed by atoms with Crippen molar-refractivity contribution in [1.29, 1.82) is 0 Å². The summed E-state index contributed by atoms with van der Waals surface area (Å²) in [5.41, 5.74) is 4.10. The summed E-state index contributed by atoms with van der Waals surface area (Å²) in [7, 11) is 3.88. The Labute approximate surface area is 175 Å². The van der Waals surface area contributed by atoms with E-state index in [-0.39, 0.29) is 11.8 Å². The molecule has 30 heavy (non-hydrogen) atoms. The maximum Gasteiger partial charge on any atom is 0.263 e. The van der Waals surface area contributed by atoms with Gasteiger partial charge in [-0.25, -0.2) is 0 Å². The van der Waals surface area contributed by atoms with E-state index in [1.807, 2.05) is 61.5 Å². The third-order valence-electron chi connectivity index (χ3n) is 5.82. The summed E-state index contributed by atoms with van der Waals surface area (Å²) in [4.78, 5) is 29.8. The summed E-state index contributed by atoms with van der Waals surface area (Å²) in [5.74, 6) is -0.394. The summed E-state index contributed by atoms with van der Waals surface area (Å²) < 4.78 is 2.18. The van der Waals surface area contributed by atoms with Gasteiger partial charge in [-0.3, -0.25) is 14.5 Å². The number of benzene rings is 3. The van der Waals surface area contributed by atoms with Crippen LogP contribution in [0.5, 0.6) is 0 Å². The monoisotopic (exact) mass is 397 g/mol. The molecule has 2 heterocycles. The second-order valence-electron chi connectivity index (χ2n) is 8.04. The zero-order chi connectivity index (χ0) is 20.8. The first-order valence-electron chi connectivity index (χ1n) is 10.1. The van der Waals surface area contributed by atoms with Gasteiger partial charge in [-0.2, -0.15) is 0 Å². The largest absolute Gasteiger partial charge is 0.335 e. The van der Waals surface area contributed by atoms with E-state index in [1.54, 1.807) is 0 Å². The van der Waals surface area contributed by atoms with Crippen LogP contribution in [-0.2, 0) is 6.54 Å². The van der Waals surface area contributed by atoms with Crippen LogP contribution in [0.25, 0.3) is 21.8 Å². The van der Waals surface area contributed by atoms with Crippen LogP contribution < -0.4 is 0 Å². The molecule has 0 N–H and O–H groups in total. The van der Waals surface area contributed by atoms with Crippen LogP contribution in [0.15, 0.2) is 66.7 Å². The Bertz CT molecular complexity index is 1290. The Hall–Kier alpha value is -3.44. The van der Waals surface area contributed by atoms with Crippen LogP contribution in [-0.4, -0.2) is 53.4 Å². The molecule has 0 radical (unpaired) electrons. The molecular formula is C25H23N3O2. The number of nitrogens with zero attached hydrogens (tertiary/aromatic N) is 3. The lowest BCUT2D eigenvalue weighted by molar-refractivity contribution is 0.0645. The van der Waals surface area contributed by atoms with Crippen molar-refractivity contribution in [2.24, 2.45) is 0 Å². The van der Waals surface area contributed by atoms with E-state index < -0.39 is 0 Å². The zero-order valence-electron chi connectivity index (χ0n) is 17.1. The van der Waals surface area contributed by atoms with Gasteiger partial charge in [0.1, 0.15) is 0 Å². The average molecular weight is 397 g/mol. The van der Waals surface area contributed by atoms with Gasteiger partial charge in [0.15, 0.2) is 0 Å². The molecule has 2 amide bonds. The molecule has 3 aromatic carbocycles. The molecule has 5 heteroatoms. The highest BCUT2D eigenvalue weighted by Gasteiger charge is 2.38. The third-order valence-corrected chi connectivity index (χ3v) is 5.82. The van der Waals surface area contributed by atoms with E-state index in [4.69, 9.17) is 0 Å². The SMILES string of the molecule is CN(C)CCN1C(=O)c2ccc3c4ccccc4n(Cc4ccccc4)c3c2C1=O. The lowest BCUT2D eigenvalue weighted by atomic mass is 10.0. The molecule has 5 rings (SSSR count). The van der Waals surface area contributed by atoms with E-state index in [0.717, 1.165) is 27.4 Å². The molecule has 0 saturated carbocycles. The molecule has 0 aliphatic carbocycles. The van der Waals surface area contributed by atoms with Crippen LogP contribution in [0, 0.1) is 0 Å². The molecule has 4 aromatic rings. The maximum atomic E-state index is 13.4. The van der Waals surface area contributed by atoms with Gasteiger partial charge in [-0.1, -0.05) is 54.6 Å². The Morgan fingerprint density at radius 2 is 1.53 bits per heavy atom. The molecule has 0 fully saturated rings. The van der Waals surface area contributed by atoms with E-state index in [2.05, 4.69) is 28.8 Å². The van der Waals surface area contributed by atoms with Gasteiger partial charge in [-0.15, -0.1) is 0 Å². The molecule has 1 aliphatic rings. The predicted molar refractivity (Wildman–Crippen MR) is 119 cm³/mol. The Balaban J connectivity index is 1.74. The summed E-state index contributed by atoms with van der Waals surface area (Å²) in [6, 6.07) is 22.2. The second-order valence-corrected chi connectivity index (χ2v) is 8.04. The minimum atomic E-state index is -0.199. The lowest BCUT2D eigenvalue weighted by Gasteiger charge is -2.17. The number of likely N-dealkylation sites (N-methyl/N-ethyl adjacent to an activating group) is 1. The van der Waals surface area contributed by atoms with Gasteiger partial charge in [-0.05, 0) is 31.8 Å². The third kappa shape index (κ3) is 2.82. The highest BCUT2D eigenvalue weighted by molar-refractivity contribution is 6.28. The van der Waals surface area contributed by atoms with E-state index >= 15 is 0 Å². The normalized spacial score (nSPS) is 13.8. The molecule has 0 spiro atoms. The molecule has 0 unspecified atom stereocenters. The topological polar surface area (TPSA) is 45.5 Å². The number of para-hydroxylation sites is 1. The van der Waals surface area contributed by atoms with Crippen molar-refractivity contribution >= 4 is 33.6 Å². The number of amides is 2. The quantitative estimate of drug-likeness (QED) is 0.478. The highest BCUT2D eigenvalue weighted by atomic mass is 16.2. The maximum absolute atomic E-state index is 13.4. The minimum Gasteiger partial charge on any atom is -0.335 e. The fourth-order valence-corrected chi connectivity index (χ4v) is 4.35. The van der Waals surface area contributed by atoms with E-state index in [1.165, 1.54) is 4.90 Å².